The Kier molecular flexibility index (Phi) is 17.6. The molecule has 8 rings (SSSR count). The van der Waals surface area contributed by atoms with Crippen LogP contribution < -0.4 is 10.6 Å². The fourth-order valence-electron chi connectivity index (χ4n) is 9.12. The predicted octanol–water partition coefficient (Wildman–Crippen LogP) is 13.1. The molecule has 4 nitrogen and oxygen atoms in total. The van der Waals surface area contributed by atoms with E-state index in [2.05, 4.69) is 73.0 Å². The normalized spacial score (nSPS) is 18.6. The van der Waals surface area contributed by atoms with Crippen molar-refractivity contribution in [3.8, 4) is 0 Å². The zero-order valence-electron chi connectivity index (χ0n) is 35.5. The molecule has 2 saturated carbocycles. The molecular formula is C54H58Cl2N2O2Zr. The van der Waals surface area contributed by atoms with Crippen LogP contribution >= 0.6 is 17.0 Å². The summed E-state index contributed by atoms with van der Waals surface area (Å²) in [4.78, 5) is 27.1. The topological polar surface area (TPSA) is 58.2 Å². The Balaban J connectivity index is 0.000000192. The second-order valence-corrected chi connectivity index (χ2v) is 20.3. The molecule has 0 radical (unpaired) electrons. The van der Waals surface area contributed by atoms with Gasteiger partial charge in [0.2, 0.25) is 0 Å². The van der Waals surface area contributed by atoms with Gasteiger partial charge >= 0.3 is 37.9 Å². The van der Waals surface area contributed by atoms with E-state index in [-0.39, 0.29) is 11.6 Å². The first kappa shape index (κ1) is 46.2. The van der Waals surface area contributed by atoms with E-state index in [0.717, 1.165) is 44.5 Å². The molecule has 0 atom stereocenters. The number of nitrogens with one attached hydrogen (secondary N) is 2. The van der Waals surface area contributed by atoms with Gasteiger partial charge in [0.15, 0.2) is 11.6 Å². The van der Waals surface area contributed by atoms with Crippen molar-refractivity contribution in [2.45, 2.75) is 101 Å². The molecule has 7 heteroatoms. The van der Waals surface area contributed by atoms with Crippen molar-refractivity contribution >= 4 is 28.6 Å². The zero-order valence-corrected chi connectivity index (χ0v) is 39.4. The van der Waals surface area contributed by atoms with Gasteiger partial charge in [0.05, 0.1) is 0 Å². The van der Waals surface area contributed by atoms with E-state index < -0.39 is 31.7 Å². The zero-order chi connectivity index (χ0) is 42.9. The van der Waals surface area contributed by atoms with Crippen molar-refractivity contribution < 1.29 is 30.4 Å². The molecule has 0 bridgehead atoms. The summed E-state index contributed by atoms with van der Waals surface area (Å²) >= 11 is -0.826. The van der Waals surface area contributed by atoms with Crippen molar-refractivity contribution in [3.05, 3.63) is 215 Å². The first-order chi connectivity index (χ1) is 29.8. The number of ketones is 2. The average molecular weight is 929 g/mol. The first-order valence-electron chi connectivity index (χ1n) is 21.8. The Hall–Kier alpha value is -4.28. The van der Waals surface area contributed by atoms with Crippen LogP contribution in [-0.4, -0.2) is 23.7 Å². The van der Waals surface area contributed by atoms with Crippen molar-refractivity contribution in [2.75, 3.05) is 0 Å². The number of hydrogen-bond donors (Lipinski definition) is 2. The Bertz CT molecular complexity index is 1980. The monoisotopic (exact) mass is 926 g/mol. The minimum absolute atomic E-state index is 0.103. The van der Waals surface area contributed by atoms with Crippen LogP contribution in [0.25, 0.3) is 0 Å². The van der Waals surface area contributed by atoms with E-state index in [1.807, 2.05) is 122 Å². The van der Waals surface area contributed by atoms with E-state index in [0.29, 0.717) is 12.1 Å². The van der Waals surface area contributed by atoms with Gasteiger partial charge in [0.1, 0.15) is 0 Å². The summed E-state index contributed by atoms with van der Waals surface area (Å²) in [5.41, 5.74) is 6.60. The number of halogens is 2. The SMILES string of the molecule is CC(C1=CC=C/C(=C\NC2CCCCC2)C1=O)(c1ccccc1)c1ccccc1.CC(C1=CC=C/C(=C\NC2CCCCC2)C1=O)(c1ccccc1)c1ccccc1.[Cl][Zr][Cl]. The van der Waals surface area contributed by atoms with Crippen LogP contribution in [0.5, 0.6) is 0 Å². The van der Waals surface area contributed by atoms with Crippen molar-refractivity contribution in [3.63, 3.8) is 0 Å². The van der Waals surface area contributed by atoms with E-state index in [9.17, 15) is 9.59 Å². The summed E-state index contributed by atoms with van der Waals surface area (Å²) in [6.07, 6.45) is 28.2. The molecule has 0 heterocycles. The number of carbonyl (C=O) groups excluding carboxylic acids is 2. The standard InChI is InChI=1S/2C27H29NO.2ClH.Zr/c2*1-27(22-13-5-2-6-14-22,23-15-7-3-8-16-23)25-19-11-12-21(26(25)29)20-28-24-17-9-4-10-18-24;;;/h2*2-3,5-8,11-16,19-20,24,28H,4,9-10,17-18H2,1H3;2*1H;/q;;;;+2/p-2/b2*21-20+;;;. The summed E-state index contributed by atoms with van der Waals surface area (Å²) in [5, 5.41) is 7.02. The van der Waals surface area contributed by atoms with Gasteiger partial charge in [0, 0.05) is 57.6 Å². The van der Waals surface area contributed by atoms with E-state index >= 15 is 0 Å². The molecule has 4 aliphatic carbocycles. The van der Waals surface area contributed by atoms with Crippen LogP contribution in [0, 0.1) is 0 Å². The fraction of sp³-hybridized carbons (Fsp3) is 0.296. The quantitative estimate of drug-likeness (QED) is 0.156. The summed E-state index contributed by atoms with van der Waals surface area (Å²) in [6, 6.07) is 42.3. The Labute approximate surface area is 382 Å². The summed E-state index contributed by atoms with van der Waals surface area (Å²) in [7, 11) is 9.87. The fourth-order valence-corrected chi connectivity index (χ4v) is 9.12. The van der Waals surface area contributed by atoms with E-state index in [1.54, 1.807) is 0 Å². The van der Waals surface area contributed by atoms with Crippen LogP contribution in [0.1, 0.15) is 100 Å². The van der Waals surface area contributed by atoms with Gasteiger partial charge < -0.3 is 10.6 Å². The number of rotatable bonds is 10. The maximum absolute atomic E-state index is 13.6. The number of carbonyl (C=O) groups is 2. The van der Waals surface area contributed by atoms with Crippen LogP contribution in [0.15, 0.2) is 192 Å². The Morgan fingerprint density at radius 3 is 1.05 bits per heavy atom. The van der Waals surface area contributed by atoms with Crippen LogP contribution in [0.2, 0.25) is 0 Å². The molecule has 0 unspecified atom stereocenters. The molecule has 2 fully saturated rings. The third-order valence-electron chi connectivity index (χ3n) is 12.7. The molecule has 4 aliphatic rings. The number of hydrogen-bond acceptors (Lipinski definition) is 4. The number of Topliss-reactive ketones (excluding diaryl/α,β-unsaturated/α-hetero) is 2. The second-order valence-electron chi connectivity index (χ2n) is 16.5. The number of benzene rings is 4. The van der Waals surface area contributed by atoms with Crippen LogP contribution in [-0.2, 0) is 41.3 Å². The Morgan fingerprint density at radius 1 is 0.492 bits per heavy atom. The Morgan fingerprint density at radius 2 is 0.770 bits per heavy atom. The van der Waals surface area contributed by atoms with Crippen molar-refractivity contribution in [1.82, 2.24) is 10.6 Å². The number of allylic oxidation sites excluding steroid dienone is 10. The molecule has 2 N–H and O–H groups in total. The van der Waals surface area contributed by atoms with Gasteiger partial charge in [0.25, 0.3) is 0 Å². The maximum atomic E-state index is 13.6. The molecule has 0 aromatic heterocycles. The molecule has 4 aromatic rings. The second kappa shape index (κ2) is 23.2. The molecular weight excluding hydrogens is 871 g/mol. The first-order valence-corrected chi connectivity index (χ1v) is 28.1. The molecule has 4 aromatic carbocycles. The molecule has 0 spiro atoms. The molecule has 61 heavy (non-hydrogen) atoms. The minimum atomic E-state index is -0.826. The van der Waals surface area contributed by atoms with Crippen LogP contribution in [0.4, 0.5) is 0 Å². The van der Waals surface area contributed by atoms with Crippen molar-refractivity contribution in [2.24, 2.45) is 0 Å². The summed E-state index contributed by atoms with van der Waals surface area (Å²) in [5.74, 6) is 0.206. The van der Waals surface area contributed by atoms with Gasteiger partial charge in [-0.25, -0.2) is 0 Å². The third kappa shape index (κ3) is 11.6. The predicted molar refractivity (Wildman–Crippen MR) is 251 cm³/mol. The van der Waals surface area contributed by atoms with Gasteiger partial charge in [-0.15, -0.1) is 0 Å². The summed E-state index contributed by atoms with van der Waals surface area (Å²) in [6.45, 7) is 4.32. The van der Waals surface area contributed by atoms with Gasteiger partial charge in [-0.3, -0.25) is 9.59 Å². The molecule has 314 valence electrons. The third-order valence-corrected chi connectivity index (χ3v) is 12.7. The van der Waals surface area contributed by atoms with Gasteiger partial charge in [-0.1, -0.05) is 184 Å². The van der Waals surface area contributed by atoms with Gasteiger partial charge in [-0.05, 0) is 73.9 Å². The van der Waals surface area contributed by atoms with Gasteiger partial charge in [-0.2, -0.15) is 0 Å². The average Bonchev–Trinajstić information content (AvgIpc) is 3.32. The molecule has 0 saturated heterocycles. The summed E-state index contributed by atoms with van der Waals surface area (Å²) < 4.78 is 0. The van der Waals surface area contributed by atoms with Crippen molar-refractivity contribution in [1.29, 1.82) is 0 Å². The van der Waals surface area contributed by atoms with Crippen LogP contribution in [0.3, 0.4) is 0 Å². The van der Waals surface area contributed by atoms with E-state index in [4.69, 9.17) is 17.0 Å². The molecule has 0 amide bonds. The van der Waals surface area contributed by atoms with E-state index in [1.165, 1.54) is 64.2 Å². The molecule has 0 aliphatic heterocycles.